The Morgan fingerprint density at radius 3 is 2.67 bits per heavy atom. The molecule has 1 aromatic heterocycles. The minimum Gasteiger partial charge on any atom is -0.366 e. The summed E-state index contributed by atoms with van der Waals surface area (Å²) in [6.07, 6.45) is 1.34. The molecule has 2 rings (SSSR count). The number of aromatic nitrogens is 1. The predicted octanol–water partition coefficient (Wildman–Crippen LogP) is 1.77. The van der Waals surface area contributed by atoms with Gasteiger partial charge in [-0.05, 0) is 30.3 Å². The van der Waals surface area contributed by atoms with Crippen LogP contribution in [-0.4, -0.2) is 19.3 Å². The number of nitrogens with two attached hydrogens (primary N) is 1. The zero-order valence-electron chi connectivity index (χ0n) is 10.4. The number of halogens is 2. The van der Waals surface area contributed by atoms with Crippen molar-refractivity contribution in [2.75, 3.05) is 4.72 Å². The Morgan fingerprint density at radius 2 is 2.05 bits per heavy atom. The van der Waals surface area contributed by atoms with Crippen molar-refractivity contribution in [2.24, 2.45) is 5.73 Å². The summed E-state index contributed by atoms with van der Waals surface area (Å²) in [6, 6.07) is 5.75. The van der Waals surface area contributed by atoms with Gasteiger partial charge in [-0.3, -0.25) is 9.52 Å². The van der Waals surface area contributed by atoms with Crippen molar-refractivity contribution < 1.29 is 17.6 Å². The molecule has 0 bridgehead atoms. The molecule has 0 fully saturated rings. The number of rotatable bonds is 4. The third kappa shape index (κ3) is 3.29. The van der Waals surface area contributed by atoms with E-state index in [2.05, 4.69) is 9.71 Å². The van der Waals surface area contributed by atoms with Gasteiger partial charge in [0.15, 0.2) is 0 Å². The summed E-state index contributed by atoms with van der Waals surface area (Å²) in [4.78, 5) is 14.5. The van der Waals surface area contributed by atoms with Gasteiger partial charge in [0, 0.05) is 11.9 Å². The Morgan fingerprint density at radius 1 is 1.33 bits per heavy atom. The zero-order chi connectivity index (χ0) is 15.6. The third-order valence-electron chi connectivity index (χ3n) is 2.50. The van der Waals surface area contributed by atoms with Gasteiger partial charge < -0.3 is 5.73 Å². The molecule has 2 aromatic rings. The number of anilines is 1. The highest BCUT2D eigenvalue weighted by Crippen LogP contribution is 2.22. The van der Waals surface area contributed by atoms with Crippen LogP contribution in [0.2, 0.25) is 5.15 Å². The van der Waals surface area contributed by atoms with E-state index in [1.165, 1.54) is 18.3 Å². The number of pyridine rings is 1. The first-order chi connectivity index (χ1) is 9.81. The molecule has 0 radical (unpaired) electrons. The summed E-state index contributed by atoms with van der Waals surface area (Å²) in [7, 11) is -4.02. The van der Waals surface area contributed by atoms with E-state index >= 15 is 0 Å². The first kappa shape index (κ1) is 15.2. The minimum absolute atomic E-state index is 0.0230. The van der Waals surface area contributed by atoms with Crippen molar-refractivity contribution in [3.8, 4) is 0 Å². The molecule has 0 saturated carbocycles. The fourth-order valence-electron chi connectivity index (χ4n) is 1.56. The van der Waals surface area contributed by atoms with Crippen LogP contribution in [0.15, 0.2) is 41.4 Å². The molecule has 3 N–H and O–H groups in total. The van der Waals surface area contributed by atoms with E-state index in [1.54, 1.807) is 0 Å². The topological polar surface area (TPSA) is 102 Å². The monoisotopic (exact) mass is 329 g/mol. The number of primary amides is 1. The number of amides is 1. The minimum atomic E-state index is -4.02. The lowest BCUT2D eigenvalue weighted by Gasteiger charge is -2.10. The number of carbonyl (C=O) groups excluding carboxylic acids is 1. The molecular formula is C12H9ClFN3O3S. The summed E-state index contributed by atoms with van der Waals surface area (Å²) in [5, 5.41) is -0.206. The first-order valence-electron chi connectivity index (χ1n) is 5.54. The van der Waals surface area contributed by atoms with Crippen LogP contribution in [0.1, 0.15) is 10.4 Å². The second-order valence-corrected chi connectivity index (χ2v) is 5.97. The lowest BCUT2D eigenvalue weighted by Crippen LogP contribution is -2.16. The summed E-state index contributed by atoms with van der Waals surface area (Å²) in [5.41, 5.74) is 4.55. The lowest BCUT2D eigenvalue weighted by molar-refractivity contribution is 0.0996. The van der Waals surface area contributed by atoms with Gasteiger partial charge in [-0.15, -0.1) is 0 Å². The van der Waals surface area contributed by atoms with Crippen molar-refractivity contribution >= 4 is 33.2 Å². The SMILES string of the molecule is NC(=O)c1cc(NS(=O)(=O)c2cccnc2Cl)ccc1F. The number of carbonyl (C=O) groups is 1. The molecule has 0 aliphatic heterocycles. The smallest absolute Gasteiger partial charge is 0.264 e. The third-order valence-corrected chi connectivity index (χ3v) is 4.32. The predicted molar refractivity (Wildman–Crippen MR) is 75.0 cm³/mol. The largest absolute Gasteiger partial charge is 0.366 e. The van der Waals surface area contributed by atoms with Crippen LogP contribution in [0.4, 0.5) is 10.1 Å². The van der Waals surface area contributed by atoms with Crippen molar-refractivity contribution in [1.29, 1.82) is 0 Å². The average molecular weight is 330 g/mol. The number of sulfonamides is 1. The molecular weight excluding hydrogens is 321 g/mol. The van der Waals surface area contributed by atoms with Gasteiger partial charge in [-0.25, -0.2) is 17.8 Å². The normalized spacial score (nSPS) is 11.1. The van der Waals surface area contributed by atoms with Crippen LogP contribution in [0, 0.1) is 5.82 Å². The molecule has 1 amide bonds. The van der Waals surface area contributed by atoms with Gasteiger partial charge in [0.1, 0.15) is 15.9 Å². The van der Waals surface area contributed by atoms with Gasteiger partial charge in [0.2, 0.25) is 0 Å². The van der Waals surface area contributed by atoms with Crippen molar-refractivity contribution in [2.45, 2.75) is 4.90 Å². The quantitative estimate of drug-likeness (QED) is 0.834. The van der Waals surface area contributed by atoms with Crippen LogP contribution in [0.3, 0.4) is 0 Å². The Balaban J connectivity index is 2.40. The van der Waals surface area contributed by atoms with Crippen LogP contribution in [0.5, 0.6) is 0 Å². The van der Waals surface area contributed by atoms with E-state index < -0.39 is 27.3 Å². The van der Waals surface area contributed by atoms with E-state index in [4.69, 9.17) is 17.3 Å². The Hall–Kier alpha value is -2.19. The molecule has 0 unspecified atom stereocenters. The first-order valence-corrected chi connectivity index (χ1v) is 7.40. The number of benzene rings is 1. The van der Waals surface area contributed by atoms with E-state index in [-0.39, 0.29) is 15.7 Å². The highest BCUT2D eigenvalue weighted by molar-refractivity contribution is 7.92. The average Bonchev–Trinajstić information content (AvgIpc) is 2.40. The highest BCUT2D eigenvalue weighted by Gasteiger charge is 2.19. The maximum absolute atomic E-state index is 13.3. The van der Waals surface area contributed by atoms with Crippen LogP contribution >= 0.6 is 11.6 Å². The van der Waals surface area contributed by atoms with Crippen LogP contribution in [0.25, 0.3) is 0 Å². The Labute approximate surface area is 124 Å². The summed E-state index contributed by atoms with van der Waals surface area (Å²) >= 11 is 5.72. The molecule has 21 heavy (non-hydrogen) atoms. The molecule has 1 aromatic carbocycles. The van der Waals surface area contributed by atoms with E-state index in [0.29, 0.717) is 0 Å². The van der Waals surface area contributed by atoms with E-state index in [9.17, 15) is 17.6 Å². The molecule has 0 spiro atoms. The summed E-state index contributed by atoms with van der Waals surface area (Å²) in [6.45, 7) is 0. The molecule has 0 aliphatic rings. The Bertz CT molecular complexity index is 811. The Kier molecular flexibility index (Phi) is 4.10. The summed E-state index contributed by atoms with van der Waals surface area (Å²) < 4.78 is 39.8. The maximum Gasteiger partial charge on any atom is 0.264 e. The standard InChI is InChI=1S/C12H9ClFN3O3S/c13-11-10(2-1-5-16-11)21(19,20)17-7-3-4-9(14)8(6-7)12(15)18/h1-6,17H,(H2,15,18). The zero-order valence-corrected chi connectivity index (χ0v) is 12.0. The number of hydrogen-bond donors (Lipinski definition) is 2. The lowest BCUT2D eigenvalue weighted by atomic mass is 10.2. The second-order valence-electron chi connectivity index (χ2n) is 3.96. The van der Waals surface area contributed by atoms with Gasteiger partial charge in [0.25, 0.3) is 15.9 Å². The molecule has 0 atom stereocenters. The fourth-order valence-corrected chi connectivity index (χ4v) is 3.06. The van der Waals surface area contributed by atoms with E-state index in [0.717, 1.165) is 18.2 Å². The van der Waals surface area contributed by atoms with Crippen molar-refractivity contribution in [3.63, 3.8) is 0 Å². The molecule has 1 heterocycles. The summed E-state index contributed by atoms with van der Waals surface area (Å²) in [5.74, 6) is -1.85. The number of nitrogens with one attached hydrogen (secondary N) is 1. The van der Waals surface area contributed by atoms with Gasteiger partial charge in [-0.2, -0.15) is 0 Å². The van der Waals surface area contributed by atoms with Crippen LogP contribution < -0.4 is 10.5 Å². The maximum atomic E-state index is 13.3. The molecule has 6 nitrogen and oxygen atoms in total. The fraction of sp³-hybridized carbons (Fsp3) is 0. The van der Waals surface area contributed by atoms with Gasteiger partial charge >= 0.3 is 0 Å². The molecule has 110 valence electrons. The number of nitrogens with zero attached hydrogens (tertiary/aromatic N) is 1. The van der Waals surface area contributed by atoms with Gasteiger partial charge in [-0.1, -0.05) is 11.6 Å². The number of hydrogen-bond acceptors (Lipinski definition) is 4. The molecule has 0 aliphatic carbocycles. The van der Waals surface area contributed by atoms with Crippen molar-refractivity contribution in [1.82, 2.24) is 4.98 Å². The molecule has 0 saturated heterocycles. The van der Waals surface area contributed by atoms with Crippen LogP contribution in [-0.2, 0) is 10.0 Å². The second kappa shape index (κ2) is 5.66. The molecule has 9 heteroatoms. The van der Waals surface area contributed by atoms with Crippen molar-refractivity contribution in [3.05, 3.63) is 53.1 Å². The van der Waals surface area contributed by atoms with E-state index in [1.807, 2.05) is 0 Å². The highest BCUT2D eigenvalue weighted by atomic mass is 35.5. The van der Waals surface area contributed by atoms with Gasteiger partial charge in [0.05, 0.1) is 5.56 Å².